The third kappa shape index (κ3) is 3.95. The molecule has 1 aliphatic rings. The number of hydrogen-bond acceptors (Lipinski definition) is 10. The number of anilines is 1. The number of rotatable bonds is 7. The average molecular weight is 405 g/mol. The van der Waals surface area contributed by atoms with Crippen LogP contribution in [0, 0.1) is 11.3 Å². The molecule has 2 aromatic heterocycles. The minimum absolute atomic E-state index is 0.193. The number of aromatic nitrogens is 3. The van der Waals surface area contributed by atoms with Gasteiger partial charge in [0.05, 0.1) is 12.3 Å². The summed E-state index contributed by atoms with van der Waals surface area (Å²) in [4.78, 5) is 15.6. The summed E-state index contributed by atoms with van der Waals surface area (Å²) in [6, 6.07) is 5.03. The highest BCUT2D eigenvalue weighted by Crippen LogP contribution is 2.40. The van der Waals surface area contributed by atoms with Crippen molar-refractivity contribution in [3.05, 3.63) is 24.2 Å². The summed E-state index contributed by atoms with van der Waals surface area (Å²) >= 11 is 0. The van der Waals surface area contributed by atoms with Gasteiger partial charge >= 0.3 is 6.16 Å². The number of nitrogens with zero attached hydrogens (tertiary/aromatic N) is 4. The van der Waals surface area contributed by atoms with Crippen molar-refractivity contribution in [3.63, 3.8) is 0 Å². The third-order valence-corrected chi connectivity index (χ3v) is 4.81. The Balaban J connectivity index is 1.73. The molecule has 4 N–H and O–H groups in total. The molecule has 29 heavy (non-hydrogen) atoms. The summed E-state index contributed by atoms with van der Waals surface area (Å²) in [5.74, 6) is 0.222. The van der Waals surface area contributed by atoms with Gasteiger partial charge in [0, 0.05) is 0 Å². The van der Waals surface area contributed by atoms with Gasteiger partial charge in [-0.15, -0.1) is 0 Å². The molecule has 0 amide bonds. The van der Waals surface area contributed by atoms with E-state index in [1.165, 1.54) is 10.8 Å². The van der Waals surface area contributed by atoms with Gasteiger partial charge in [0.1, 0.15) is 42.8 Å². The molecule has 1 aliphatic heterocycles. The van der Waals surface area contributed by atoms with Crippen LogP contribution in [0.25, 0.3) is 5.52 Å². The number of nitrogens with two attached hydrogens (primary N) is 1. The zero-order valence-electron chi connectivity index (χ0n) is 15.9. The predicted octanol–water partition coefficient (Wildman–Crippen LogP) is 0.710. The zero-order chi connectivity index (χ0) is 21.0. The second-order valence-corrected chi connectivity index (χ2v) is 6.77. The highest BCUT2D eigenvalue weighted by molar-refractivity contribution is 5.65. The van der Waals surface area contributed by atoms with Gasteiger partial charge in [-0.2, -0.15) is 10.4 Å². The monoisotopic (exact) mass is 405 g/mol. The summed E-state index contributed by atoms with van der Waals surface area (Å²) in [7, 11) is 0. The van der Waals surface area contributed by atoms with E-state index in [1.807, 2.05) is 13.0 Å². The summed E-state index contributed by atoms with van der Waals surface area (Å²) < 4.78 is 17.0. The van der Waals surface area contributed by atoms with Crippen LogP contribution in [0.3, 0.4) is 0 Å². The first-order valence-corrected chi connectivity index (χ1v) is 9.26. The molecule has 11 nitrogen and oxygen atoms in total. The lowest BCUT2D eigenvalue weighted by molar-refractivity contribution is -0.0856. The highest BCUT2D eigenvalue weighted by Gasteiger charge is 2.57. The number of aliphatic hydroxyl groups excluding tert-OH is 2. The molecule has 11 heteroatoms. The SMILES string of the molecule is CCCCCOC(=O)OC[C@@]1(C#N)O[C@@H](c2ccc3c(N)ncnn23)[C@H](O)[C@@H]1O. The van der Waals surface area contributed by atoms with E-state index in [0.29, 0.717) is 17.6 Å². The van der Waals surface area contributed by atoms with Gasteiger partial charge < -0.3 is 30.2 Å². The van der Waals surface area contributed by atoms with Gasteiger partial charge in [-0.25, -0.2) is 14.3 Å². The van der Waals surface area contributed by atoms with Crippen molar-refractivity contribution < 1.29 is 29.2 Å². The van der Waals surface area contributed by atoms with E-state index in [9.17, 15) is 20.3 Å². The molecule has 0 spiro atoms. The molecule has 0 saturated carbocycles. The second-order valence-electron chi connectivity index (χ2n) is 6.77. The molecule has 1 saturated heterocycles. The van der Waals surface area contributed by atoms with Crippen molar-refractivity contribution in [2.45, 2.75) is 50.1 Å². The number of carbonyl (C=O) groups excluding carboxylic acids is 1. The van der Waals surface area contributed by atoms with Crippen molar-refractivity contribution in [1.82, 2.24) is 14.6 Å². The van der Waals surface area contributed by atoms with Gasteiger partial charge in [-0.05, 0) is 18.6 Å². The molecule has 3 heterocycles. The van der Waals surface area contributed by atoms with Gasteiger partial charge in [0.25, 0.3) is 0 Å². The first-order valence-electron chi connectivity index (χ1n) is 9.26. The van der Waals surface area contributed by atoms with Crippen LogP contribution in [0.4, 0.5) is 10.6 Å². The molecule has 3 rings (SSSR count). The van der Waals surface area contributed by atoms with Crippen LogP contribution in [-0.4, -0.2) is 62.0 Å². The highest BCUT2D eigenvalue weighted by atomic mass is 16.7. The van der Waals surface area contributed by atoms with Crippen molar-refractivity contribution in [2.24, 2.45) is 0 Å². The van der Waals surface area contributed by atoms with Gasteiger partial charge in [-0.3, -0.25) is 0 Å². The number of unbranched alkanes of at least 4 members (excludes halogenated alkanes) is 2. The number of nitriles is 1. The zero-order valence-corrected chi connectivity index (χ0v) is 15.9. The maximum absolute atomic E-state index is 11.7. The summed E-state index contributed by atoms with van der Waals surface area (Å²) in [6.07, 6.45) is -1.36. The molecule has 2 aromatic rings. The van der Waals surface area contributed by atoms with Crippen LogP contribution >= 0.6 is 0 Å². The predicted molar refractivity (Wildman–Crippen MR) is 98.4 cm³/mol. The molecule has 1 fully saturated rings. The Labute approximate surface area is 166 Å². The van der Waals surface area contributed by atoms with E-state index < -0.39 is 36.7 Å². The Kier molecular flexibility index (Phi) is 6.17. The molecule has 0 bridgehead atoms. The van der Waals surface area contributed by atoms with E-state index in [-0.39, 0.29) is 12.4 Å². The summed E-state index contributed by atoms with van der Waals surface area (Å²) in [5.41, 5.74) is 4.68. The van der Waals surface area contributed by atoms with Crippen molar-refractivity contribution in [1.29, 1.82) is 5.26 Å². The number of carbonyl (C=O) groups is 1. The fraction of sp³-hybridized carbons (Fsp3) is 0.556. The first-order chi connectivity index (χ1) is 13.9. The maximum atomic E-state index is 11.7. The van der Waals surface area contributed by atoms with Gasteiger partial charge in [0.15, 0.2) is 5.82 Å². The normalized spacial score (nSPS) is 26.3. The molecule has 156 valence electrons. The fourth-order valence-electron chi connectivity index (χ4n) is 3.19. The second kappa shape index (κ2) is 8.60. The lowest BCUT2D eigenvalue weighted by Gasteiger charge is -2.23. The van der Waals surface area contributed by atoms with Crippen LogP contribution < -0.4 is 5.73 Å². The van der Waals surface area contributed by atoms with Crippen molar-refractivity contribution in [2.75, 3.05) is 18.9 Å². The Hall–Kier alpha value is -2.94. The summed E-state index contributed by atoms with van der Waals surface area (Å²) in [5, 5.41) is 34.6. The fourth-order valence-corrected chi connectivity index (χ4v) is 3.19. The number of hydrogen-bond donors (Lipinski definition) is 3. The van der Waals surface area contributed by atoms with Crippen molar-refractivity contribution in [3.8, 4) is 6.07 Å². The topological polar surface area (TPSA) is 165 Å². The Bertz CT molecular complexity index is 912. The number of ether oxygens (including phenoxy) is 3. The lowest BCUT2D eigenvalue weighted by Crippen LogP contribution is -2.46. The minimum atomic E-state index is -1.96. The van der Waals surface area contributed by atoms with E-state index in [2.05, 4.69) is 10.1 Å². The molecule has 0 unspecified atom stereocenters. The van der Waals surface area contributed by atoms with Crippen LogP contribution in [0.1, 0.15) is 38.0 Å². The largest absolute Gasteiger partial charge is 0.508 e. The molecule has 0 radical (unpaired) electrons. The first kappa shape index (κ1) is 20.8. The Morgan fingerprint density at radius 2 is 2.21 bits per heavy atom. The lowest BCUT2D eigenvalue weighted by atomic mass is 9.96. The van der Waals surface area contributed by atoms with Crippen LogP contribution in [0.15, 0.2) is 18.5 Å². The van der Waals surface area contributed by atoms with E-state index >= 15 is 0 Å². The summed E-state index contributed by atoms with van der Waals surface area (Å²) in [6.45, 7) is 1.60. The number of nitrogen functional groups attached to an aromatic ring is 1. The number of aliphatic hydroxyl groups is 2. The maximum Gasteiger partial charge on any atom is 0.508 e. The van der Waals surface area contributed by atoms with Crippen LogP contribution in [0.2, 0.25) is 0 Å². The number of fused-ring (bicyclic) bond motifs is 1. The van der Waals surface area contributed by atoms with E-state index in [4.69, 9.17) is 19.9 Å². The molecule has 0 aliphatic carbocycles. The average Bonchev–Trinajstić information content (AvgIpc) is 3.25. The van der Waals surface area contributed by atoms with Crippen LogP contribution in [-0.2, 0) is 14.2 Å². The Morgan fingerprint density at radius 1 is 1.41 bits per heavy atom. The Morgan fingerprint density at radius 3 is 2.93 bits per heavy atom. The third-order valence-electron chi connectivity index (χ3n) is 4.81. The quantitative estimate of drug-likeness (QED) is 0.441. The van der Waals surface area contributed by atoms with Gasteiger partial charge in [0.2, 0.25) is 5.60 Å². The molecular formula is C18H23N5O6. The standard InChI is InChI=1S/C18H23N5O6/c1-2-3-4-7-27-17(26)28-9-18(8-19)15(25)13(24)14(29-18)11-5-6-12-16(20)21-10-22-23(11)12/h5-6,10,13-15,24-25H,2-4,7,9H2,1H3,(H2,20,21,22)/t13-,14-,15-,18+/m0/s1. The molecule has 4 atom stereocenters. The van der Waals surface area contributed by atoms with E-state index in [1.54, 1.807) is 12.1 Å². The smallest absolute Gasteiger partial charge is 0.434 e. The van der Waals surface area contributed by atoms with E-state index in [0.717, 1.165) is 12.8 Å². The van der Waals surface area contributed by atoms with Crippen molar-refractivity contribution >= 4 is 17.5 Å². The molecular weight excluding hydrogens is 382 g/mol. The minimum Gasteiger partial charge on any atom is -0.434 e. The molecule has 0 aromatic carbocycles. The van der Waals surface area contributed by atoms with Crippen LogP contribution in [0.5, 0.6) is 0 Å². The van der Waals surface area contributed by atoms with Gasteiger partial charge in [-0.1, -0.05) is 19.8 Å².